The second-order valence-electron chi connectivity index (χ2n) is 10.7. The van der Waals surface area contributed by atoms with Gasteiger partial charge in [-0.15, -0.1) is 0 Å². The third kappa shape index (κ3) is 5.53. The van der Waals surface area contributed by atoms with Crippen LogP contribution in [0, 0.1) is 23.7 Å². The van der Waals surface area contributed by atoms with Gasteiger partial charge in [0.2, 0.25) is 5.88 Å². The number of hydrogen-bond donors (Lipinski definition) is 0. The molecule has 0 unspecified atom stereocenters. The second-order valence-corrected chi connectivity index (χ2v) is 11.1. The molecule has 1 aromatic heterocycles. The van der Waals surface area contributed by atoms with E-state index in [0.29, 0.717) is 34.3 Å². The Morgan fingerprint density at radius 3 is 2.38 bits per heavy atom. The maximum absolute atomic E-state index is 13.6. The first-order valence-electron chi connectivity index (χ1n) is 13.1. The average molecular weight is 565 g/mol. The van der Waals surface area contributed by atoms with E-state index in [1.807, 2.05) is 18.2 Å². The number of alkyl halides is 3. The summed E-state index contributed by atoms with van der Waals surface area (Å²) < 4.78 is 50.8. The first kappa shape index (κ1) is 27.6. The molecule has 210 valence electrons. The number of piperidine rings is 1. The topological polar surface area (TPSA) is 67.3 Å². The Kier molecular flexibility index (Phi) is 7.68. The summed E-state index contributed by atoms with van der Waals surface area (Å²) in [5.74, 6) is 0.557. The fourth-order valence-electron chi connectivity index (χ4n) is 6.44. The first-order valence-corrected chi connectivity index (χ1v) is 13.5. The Balaban J connectivity index is 1.30. The molecule has 2 fully saturated rings. The molecule has 1 aromatic carbocycles. The number of carbonyl (C=O) groups is 1. The summed E-state index contributed by atoms with van der Waals surface area (Å²) in [4.78, 5) is 18.5. The Morgan fingerprint density at radius 1 is 1.13 bits per heavy atom. The van der Waals surface area contributed by atoms with E-state index in [1.54, 1.807) is 25.4 Å². The third-order valence-corrected chi connectivity index (χ3v) is 8.78. The van der Waals surface area contributed by atoms with Crippen LogP contribution in [0.5, 0.6) is 5.88 Å². The molecule has 5 atom stereocenters. The van der Waals surface area contributed by atoms with Crippen LogP contribution in [-0.4, -0.2) is 56.2 Å². The smallest absolute Gasteiger partial charge is 0.431 e. The number of halogens is 4. The molecular formula is C28H32ClF3N4O3. The van der Waals surface area contributed by atoms with Crippen molar-refractivity contribution in [3.63, 3.8) is 0 Å². The van der Waals surface area contributed by atoms with Crippen molar-refractivity contribution in [1.82, 2.24) is 4.98 Å². The van der Waals surface area contributed by atoms with Crippen molar-refractivity contribution in [3.05, 3.63) is 47.1 Å². The lowest BCUT2D eigenvalue weighted by atomic mass is 9.80. The van der Waals surface area contributed by atoms with Gasteiger partial charge in [0.05, 0.1) is 49.3 Å². The number of nitrogens with zero attached hydrogens (tertiary/aromatic N) is 4. The maximum atomic E-state index is 13.6. The van der Waals surface area contributed by atoms with E-state index >= 15 is 0 Å². The number of hydrogen-bond acceptors (Lipinski definition) is 7. The molecule has 39 heavy (non-hydrogen) atoms. The van der Waals surface area contributed by atoms with Crippen LogP contribution >= 0.6 is 11.6 Å². The number of carbonyl (C=O) groups excluding carboxylic acids is 1. The van der Waals surface area contributed by atoms with E-state index < -0.39 is 29.8 Å². The molecule has 7 nitrogen and oxygen atoms in total. The van der Waals surface area contributed by atoms with Crippen LogP contribution in [0.2, 0.25) is 5.02 Å². The SMILES string of the molecule is COC(=O)C[C@H]1[C@H](C)C(C(F)(F)F)=NN1c1ccc(C[C@@H]2[C@@H]3CC[C@H]2CN(c2cc(OC)ncc2Cl)C3)cc1. The fraction of sp³-hybridized carbons (Fsp3) is 0.536. The van der Waals surface area contributed by atoms with E-state index in [4.69, 9.17) is 21.1 Å². The Morgan fingerprint density at radius 2 is 1.79 bits per heavy atom. The maximum Gasteiger partial charge on any atom is 0.431 e. The summed E-state index contributed by atoms with van der Waals surface area (Å²) in [6.45, 7) is 3.26. The van der Waals surface area contributed by atoms with Crippen LogP contribution in [-0.2, 0) is 16.0 Å². The summed E-state index contributed by atoms with van der Waals surface area (Å²) in [5.41, 5.74) is 1.73. The van der Waals surface area contributed by atoms with Crippen LogP contribution in [0.15, 0.2) is 41.6 Å². The molecule has 2 aromatic rings. The monoisotopic (exact) mass is 564 g/mol. The number of benzene rings is 1. The zero-order valence-electron chi connectivity index (χ0n) is 22.1. The van der Waals surface area contributed by atoms with Crippen LogP contribution in [0.1, 0.15) is 31.7 Å². The summed E-state index contributed by atoms with van der Waals surface area (Å²) in [6, 6.07) is 8.66. The molecule has 0 N–H and O–H groups in total. The van der Waals surface area contributed by atoms with Crippen molar-refractivity contribution in [1.29, 1.82) is 0 Å². The van der Waals surface area contributed by atoms with Gasteiger partial charge in [-0.2, -0.15) is 18.3 Å². The number of hydrazone groups is 1. The highest BCUT2D eigenvalue weighted by Gasteiger charge is 2.49. The summed E-state index contributed by atoms with van der Waals surface area (Å²) in [7, 11) is 2.82. The van der Waals surface area contributed by atoms with Crippen LogP contribution in [0.3, 0.4) is 0 Å². The number of esters is 1. The Hall–Kier alpha value is -3.01. The van der Waals surface area contributed by atoms with Crippen molar-refractivity contribution in [3.8, 4) is 5.88 Å². The van der Waals surface area contributed by atoms with Gasteiger partial charge < -0.3 is 14.4 Å². The zero-order chi connectivity index (χ0) is 27.9. The van der Waals surface area contributed by atoms with E-state index in [9.17, 15) is 18.0 Å². The van der Waals surface area contributed by atoms with E-state index in [2.05, 4.69) is 15.0 Å². The molecule has 5 rings (SSSR count). The minimum Gasteiger partial charge on any atom is -0.481 e. The van der Waals surface area contributed by atoms with E-state index in [-0.39, 0.29) is 6.42 Å². The van der Waals surface area contributed by atoms with Crippen molar-refractivity contribution >= 4 is 34.7 Å². The molecule has 3 aliphatic rings. The predicted molar refractivity (Wildman–Crippen MR) is 143 cm³/mol. The Bertz CT molecular complexity index is 1230. The molecule has 0 radical (unpaired) electrons. The molecule has 2 bridgehead atoms. The highest BCUT2D eigenvalue weighted by Crippen LogP contribution is 2.46. The van der Waals surface area contributed by atoms with Crippen LogP contribution < -0.4 is 14.6 Å². The van der Waals surface area contributed by atoms with Gasteiger partial charge in [0.15, 0.2) is 0 Å². The van der Waals surface area contributed by atoms with Crippen molar-refractivity contribution in [2.45, 2.75) is 44.8 Å². The van der Waals surface area contributed by atoms with Gasteiger partial charge in [-0.05, 0) is 54.7 Å². The van der Waals surface area contributed by atoms with Crippen molar-refractivity contribution < 1.29 is 27.4 Å². The molecule has 1 saturated heterocycles. The quantitative estimate of drug-likeness (QED) is 0.399. The third-order valence-electron chi connectivity index (χ3n) is 8.49. The molecule has 11 heteroatoms. The summed E-state index contributed by atoms with van der Waals surface area (Å²) >= 11 is 6.47. The van der Waals surface area contributed by atoms with Gasteiger partial charge in [-0.3, -0.25) is 9.80 Å². The molecule has 2 aliphatic heterocycles. The minimum absolute atomic E-state index is 0.183. The number of rotatable bonds is 7. The summed E-state index contributed by atoms with van der Waals surface area (Å²) in [6.07, 6.45) is 0.0823. The number of methoxy groups -OCH3 is 2. The lowest BCUT2D eigenvalue weighted by Gasteiger charge is -2.40. The van der Waals surface area contributed by atoms with Gasteiger partial charge in [0.1, 0.15) is 5.71 Å². The van der Waals surface area contributed by atoms with Gasteiger partial charge in [-0.25, -0.2) is 4.98 Å². The zero-order valence-corrected chi connectivity index (χ0v) is 22.9. The fourth-order valence-corrected chi connectivity index (χ4v) is 6.67. The standard InChI is InChI=1S/C28H32ClF3N4O3/c1-16-23(12-26(37)39-3)36(34-27(16)28(30,31)32)20-8-4-17(5-9-20)10-21-18-6-7-19(21)15-35(14-18)24-11-25(38-2)33-13-22(24)29/h4-5,8-9,11,13,16,18-19,21,23H,6-7,10,12,14-15H2,1-3H3/t16-,18-,19+,21-,23-/m0/s1. The summed E-state index contributed by atoms with van der Waals surface area (Å²) in [5, 5.41) is 5.84. The minimum atomic E-state index is -4.57. The van der Waals surface area contributed by atoms with Gasteiger partial charge >= 0.3 is 12.1 Å². The Labute approximate surface area is 230 Å². The number of ether oxygens (including phenoxy) is 2. The number of anilines is 2. The van der Waals surface area contributed by atoms with Crippen LogP contribution in [0.4, 0.5) is 24.5 Å². The number of aromatic nitrogens is 1. The normalized spacial score (nSPS) is 26.5. The van der Waals surface area contributed by atoms with Gasteiger partial charge in [0, 0.05) is 25.1 Å². The molecule has 3 heterocycles. The van der Waals surface area contributed by atoms with Crippen molar-refractivity contribution in [2.24, 2.45) is 28.8 Å². The average Bonchev–Trinajstić information content (AvgIpc) is 3.35. The highest BCUT2D eigenvalue weighted by molar-refractivity contribution is 6.33. The van der Waals surface area contributed by atoms with Crippen molar-refractivity contribution in [2.75, 3.05) is 37.2 Å². The molecule has 0 amide bonds. The second kappa shape index (κ2) is 10.9. The molecule has 0 spiro atoms. The largest absolute Gasteiger partial charge is 0.481 e. The lowest BCUT2D eigenvalue weighted by Crippen LogP contribution is -2.42. The highest BCUT2D eigenvalue weighted by atomic mass is 35.5. The van der Waals surface area contributed by atoms with E-state index in [0.717, 1.165) is 43.6 Å². The van der Waals surface area contributed by atoms with Crippen LogP contribution in [0.25, 0.3) is 0 Å². The lowest BCUT2D eigenvalue weighted by molar-refractivity contribution is -0.141. The first-order chi connectivity index (χ1) is 18.6. The van der Waals surface area contributed by atoms with E-state index in [1.165, 1.54) is 19.0 Å². The molecule has 1 aliphatic carbocycles. The van der Waals surface area contributed by atoms with Gasteiger partial charge in [0.25, 0.3) is 0 Å². The van der Waals surface area contributed by atoms with Gasteiger partial charge in [-0.1, -0.05) is 30.7 Å². The number of pyridine rings is 1. The molecule has 1 saturated carbocycles. The predicted octanol–water partition coefficient (Wildman–Crippen LogP) is 5.75. The number of fused-ring (bicyclic) bond motifs is 2. The molecular weight excluding hydrogens is 533 g/mol.